The maximum atomic E-state index is 13.7. The lowest BCUT2D eigenvalue weighted by atomic mass is 10.1. The molecule has 132 valence electrons. The van der Waals surface area contributed by atoms with Crippen molar-refractivity contribution >= 4 is 34.2 Å². The Kier molecular flexibility index (Phi) is 4.62. The van der Waals surface area contributed by atoms with E-state index in [1.165, 1.54) is 25.1 Å². The molecule has 3 aromatic rings. The standard InChI is InChI=1S/C19H17FN4O2/c1-10-11(2)22-18-8-13(4-7-16(18)21-10)19(26)24-14-5-6-15(20)17(9-14)23-12(3)25/h4-9H,1-3H3,(H,23,25)(H,24,26). The van der Waals surface area contributed by atoms with Gasteiger partial charge in [-0.2, -0.15) is 0 Å². The van der Waals surface area contributed by atoms with Gasteiger partial charge in [0.1, 0.15) is 5.82 Å². The minimum atomic E-state index is -0.579. The molecule has 0 aliphatic carbocycles. The number of hydrogen-bond acceptors (Lipinski definition) is 4. The van der Waals surface area contributed by atoms with Crippen LogP contribution in [-0.4, -0.2) is 21.8 Å². The van der Waals surface area contributed by atoms with Crippen LogP contribution >= 0.6 is 0 Å². The van der Waals surface area contributed by atoms with E-state index in [2.05, 4.69) is 20.6 Å². The third kappa shape index (κ3) is 3.66. The molecule has 1 heterocycles. The molecule has 0 saturated carbocycles. The Morgan fingerprint density at radius 2 is 1.62 bits per heavy atom. The van der Waals surface area contributed by atoms with Gasteiger partial charge in [0.25, 0.3) is 5.91 Å². The smallest absolute Gasteiger partial charge is 0.255 e. The Bertz CT molecular complexity index is 1030. The van der Waals surface area contributed by atoms with Crippen LogP contribution in [0.5, 0.6) is 0 Å². The van der Waals surface area contributed by atoms with E-state index in [9.17, 15) is 14.0 Å². The number of nitrogens with zero attached hydrogens (tertiary/aromatic N) is 2. The minimum Gasteiger partial charge on any atom is -0.324 e. The number of benzene rings is 2. The van der Waals surface area contributed by atoms with Gasteiger partial charge in [-0.15, -0.1) is 0 Å². The molecule has 1 aromatic heterocycles. The second-order valence-corrected chi connectivity index (χ2v) is 5.93. The summed E-state index contributed by atoms with van der Waals surface area (Å²) in [5.74, 6) is -1.34. The summed E-state index contributed by atoms with van der Waals surface area (Å²) in [5, 5.41) is 5.06. The highest BCUT2D eigenvalue weighted by Gasteiger charge is 2.11. The number of fused-ring (bicyclic) bond motifs is 1. The number of aromatic nitrogens is 2. The van der Waals surface area contributed by atoms with Crippen LogP contribution in [0.15, 0.2) is 36.4 Å². The Morgan fingerprint density at radius 1 is 0.923 bits per heavy atom. The molecule has 0 aliphatic rings. The Balaban J connectivity index is 1.87. The molecule has 2 N–H and O–H groups in total. The summed E-state index contributed by atoms with van der Waals surface area (Å²) in [6.45, 7) is 5.02. The molecular formula is C19H17FN4O2. The van der Waals surface area contributed by atoms with Crippen molar-refractivity contribution in [2.75, 3.05) is 10.6 Å². The predicted molar refractivity (Wildman–Crippen MR) is 97.7 cm³/mol. The zero-order valence-corrected chi connectivity index (χ0v) is 14.6. The fourth-order valence-electron chi connectivity index (χ4n) is 2.46. The van der Waals surface area contributed by atoms with E-state index in [-0.39, 0.29) is 11.6 Å². The highest BCUT2D eigenvalue weighted by Crippen LogP contribution is 2.21. The van der Waals surface area contributed by atoms with Gasteiger partial charge in [-0.25, -0.2) is 14.4 Å². The van der Waals surface area contributed by atoms with Crippen molar-refractivity contribution in [1.82, 2.24) is 9.97 Å². The van der Waals surface area contributed by atoms with E-state index in [0.29, 0.717) is 22.3 Å². The molecule has 0 aliphatic heterocycles. The normalized spacial score (nSPS) is 10.6. The van der Waals surface area contributed by atoms with Crippen molar-refractivity contribution in [1.29, 1.82) is 0 Å². The average molecular weight is 352 g/mol. The summed E-state index contributed by atoms with van der Waals surface area (Å²) in [4.78, 5) is 32.5. The molecule has 0 spiro atoms. The third-order valence-corrected chi connectivity index (χ3v) is 3.87. The molecule has 6 nitrogen and oxygen atoms in total. The zero-order chi connectivity index (χ0) is 18.8. The van der Waals surface area contributed by atoms with Crippen molar-refractivity contribution in [3.63, 3.8) is 0 Å². The van der Waals surface area contributed by atoms with Gasteiger partial charge in [0, 0.05) is 18.2 Å². The van der Waals surface area contributed by atoms with Gasteiger partial charge in [0.2, 0.25) is 5.91 Å². The lowest BCUT2D eigenvalue weighted by Gasteiger charge is -2.09. The maximum absolute atomic E-state index is 13.7. The molecule has 3 rings (SSSR count). The van der Waals surface area contributed by atoms with Crippen molar-refractivity contribution in [3.05, 3.63) is 59.2 Å². The van der Waals surface area contributed by atoms with Crippen molar-refractivity contribution in [2.24, 2.45) is 0 Å². The lowest BCUT2D eigenvalue weighted by molar-refractivity contribution is -0.114. The molecule has 2 aromatic carbocycles. The molecule has 0 saturated heterocycles. The van der Waals surface area contributed by atoms with Crippen LogP contribution in [0.1, 0.15) is 28.7 Å². The summed E-state index contributed by atoms with van der Waals surface area (Å²) >= 11 is 0. The van der Waals surface area contributed by atoms with Crippen molar-refractivity contribution in [3.8, 4) is 0 Å². The summed E-state index contributed by atoms with van der Waals surface area (Å²) in [5.41, 5.74) is 3.75. The van der Waals surface area contributed by atoms with Crippen LogP contribution < -0.4 is 10.6 Å². The van der Waals surface area contributed by atoms with Crippen LogP contribution in [0, 0.1) is 19.7 Å². The van der Waals surface area contributed by atoms with Gasteiger partial charge in [-0.1, -0.05) is 0 Å². The molecule has 7 heteroatoms. The van der Waals surface area contributed by atoms with E-state index in [1.54, 1.807) is 18.2 Å². The maximum Gasteiger partial charge on any atom is 0.255 e. The van der Waals surface area contributed by atoms with Crippen LogP contribution in [0.25, 0.3) is 11.0 Å². The number of nitrogens with one attached hydrogen (secondary N) is 2. The van der Waals surface area contributed by atoms with Crippen LogP contribution in [0.3, 0.4) is 0 Å². The van der Waals surface area contributed by atoms with E-state index in [4.69, 9.17) is 0 Å². The average Bonchev–Trinajstić information content (AvgIpc) is 2.58. The molecule has 0 unspecified atom stereocenters. The number of rotatable bonds is 3. The second-order valence-electron chi connectivity index (χ2n) is 5.93. The third-order valence-electron chi connectivity index (χ3n) is 3.87. The van der Waals surface area contributed by atoms with Gasteiger partial charge in [-0.05, 0) is 50.2 Å². The number of hydrogen-bond donors (Lipinski definition) is 2. The van der Waals surface area contributed by atoms with Crippen LogP contribution in [-0.2, 0) is 4.79 Å². The number of aryl methyl sites for hydroxylation is 2. The summed E-state index contributed by atoms with van der Waals surface area (Å²) in [6, 6.07) is 9.01. The van der Waals surface area contributed by atoms with Gasteiger partial charge in [0.05, 0.1) is 28.1 Å². The number of amides is 2. The molecule has 0 fully saturated rings. The fourth-order valence-corrected chi connectivity index (χ4v) is 2.46. The summed E-state index contributed by atoms with van der Waals surface area (Å²) < 4.78 is 13.7. The first-order valence-electron chi connectivity index (χ1n) is 7.97. The molecular weight excluding hydrogens is 335 g/mol. The summed E-state index contributed by atoms with van der Waals surface area (Å²) in [7, 11) is 0. The Labute approximate surface area is 149 Å². The number of carbonyl (C=O) groups excluding carboxylic acids is 2. The molecule has 2 amide bonds. The Hall–Kier alpha value is -3.35. The number of anilines is 2. The molecule has 0 radical (unpaired) electrons. The first kappa shape index (κ1) is 17.5. The quantitative estimate of drug-likeness (QED) is 0.754. The first-order chi connectivity index (χ1) is 12.3. The minimum absolute atomic E-state index is 0.00535. The van der Waals surface area contributed by atoms with E-state index in [1.807, 2.05) is 13.8 Å². The van der Waals surface area contributed by atoms with E-state index < -0.39 is 11.7 Å². The van der Waals surface area contributed by atoms with E-state index >= 15 is 0 Å². The van der Waals surface area contributed by atoms with E-state index in [0.717, 1.165) is 11.4 Å². The zero-order valence-electron chi connectivity index (χ0n) is 14.6. The van der Waals surface area contributed by atoms with Crippen molar-refractivity contribution < 1.29 is 14.0 Å². The Morgan fingerprint density at radius 3 is 2.31 bits per heavy atom. The number of carbonyl (C=O) groups is 2. The predicted octanol–water partition coefficient (Wildman–Crippen LogP) is 3.60. The first-order valence-corrected chi connectivity index (χ1v) is 7.97. The largest absolute Gasteiger partial charge is 0.324 e. The SMILES string of the molecule is CC(=O)Nc1cc(NC(=O)c2ccc3nc(C)c(C)nc3c2)ccc1F. The van der Waals surface area contributed by atoms with Gasteiger partial charge in [-0.3, -0.25) is 9.59 Å². The monoisotopic (exact) mass is 352 g/mol. The molecule has 0 atom stereocenters. The highest BCUT2D eigenvalue weighted by molar-refractivity contribution is 6.06. The number of halogens is 1. The molecule has 0 bridgehead atoms. The fraction of sp³-hybridized carbons (Fsp3) is 0.158. The van der Waals surface area contributed by atoms with Crippen LogP contribution in [0.4, 0.5) is 15.8 Å². The van der Waals surface area contributed by atoms with Gasteiger partial charge in [0.15, 0.2) is 0 Å². The highest BCUT2D eigenvalue weighted by atomic mass is 19.1. The van der Waals surface area contributed by atoms with Gasteiger partial charge >= 0.3 is 0 Å². The topological polar surface area (TPSA) is 84.0 Å². The van der Waals surface area contributed by atoms with Crippen molar-refractivity contribution in [2.45, 2.75) is 20.8 Å². The second kappa shape index (κ2) is 6.87. The lowest BCUT2D eigenvalue weighted by Crippen LogP contribution is -2.13. The van der Waals surface area contributed by atoms with Gasteiger partial charge < -0.3 is 10.6 Å². The van der Waals surface area contributed by atoms with Crippen LogP contribution in [0.2, 0.25) is 0 Å². The summed E-state index contributed by atoms with van der Waals surface area (Å²) in [6.07, 6.45) is 0. The molecule has 26 heavy (non-hydrogen) atoms.